The average molecular weight is 515 g/mol. The van der Waals surface area contributed by atoms with Gasteiger partial charge >= 0.3 is 6.18 Å². The first-order valence-corrected chi connectivity index (χ1v) is 11.1. The van der Waals surface area contributed by atoms with Crippen LogP contribution in [0.1, 0.15) is 52.5 Å². The number of hydrogen-bond donors (Lipinski definition) is 3. The SMILES string of the molecule is C[C@H](O)c1ccc(NC(=O)c2nn3c(c2Br)N[C@@H](c2cccs2)C[C@H]3C(F)(F)F)cc1. The summed E-state index contributed by atoms with van der Waals surface area (Å²) in [6, 6.07) is 7.67. The van der Waals surface area contributed by atoms with Crippen molar-refractivity contribution in [3.63, 3.8) is 0 Å². The first-order chi connectivity index (χ1) is 14.6. The van der Waals surface area contributed by atoms with Crippen molar-refractivity contribution < 1.29 is 23.1 Å². The molecule has 11 heteroatoms. The molecule has 0 saturated carbocycles. The van der Waals surface area contributed by atoms with E-state index >= 15 is 0 Å². The summed E-state index contributed by atoms with van der Waals surface area (Å²) in [5.74, 6) is -0.532. The lowest BCUT2D eigenvalue weighted by Crippen LogP contribution is -2.35. The fourth-order valence-corrected chi connectivity index (χ4v) is 4.79. The number of aromatic nitrogens is 2. The first kappa shape index (κ1) is 21.8. The Morgan fingerprint density at radius 2 is 2.06 bits per heavy atom. The van der Waals surface area contributed by atoms with Crippen molar-refractivity contribution in [2.75, 3.05) is 10.6 Å². The zero-order valence-corrected chi connectivity index (χ0v) is 18.6. The van der Waals surface area contributed by atoms with Crippen molar-refractivity contribution in [3.8, 4) is 0 Å². The first-order valence-electron chi connectivity index (χ1n) is 9.39. The van der Waals surface area contributed by atoms with E-state index < -0.39 is 30.3 Å². The predicted molar refractivity (Wildman–Crippen MR) is 115 cm³/mol. The Kier molecular flexibility index (Phi) is 5.84. The molecule has 0 saturated heterocycles. The van der Waals surface area contributed by atoms with E-state index in [9.17, 15) is 23.1 Å². The highest BCUT2D eigenvalue weighted by molar-refractivity contribution is 9.10. The lowest BCUT2D eigenvalue weighted by atomic mass is 10.0. The quantitative estimate of drug-likeness (QED) is 0.418. The van der Waals surface area contributed by atoms with E-state index in [4.69, 9.17) is 0 Å². The number of anilines is 2. The van der Waals surface area contributed by atoms with Crippen LogP contribution in [0.5, 0.6) is 0 Å². The number of nitrogens with one attached hydrogen (secondary N) is 2. The van der Waals surface area contributed by atoms with Crippen LogP contribution in [0.25, 0.3) is 0 Å². The van der Waals surface area contributed by atoms with E-state index in [1.54, 1.807) is 43.3 Å². The third-order valence-electron chi connectivity index (χ3n) is 5.05. The zero-order valence-electron chi connectivity index (χ0n) is 16.2. The minimum absolute atomic E-state index is 0.113. The van der Waals surface area contributed by atoms with Gasteiger partial charge in [-0.25, -0.2) is 4.68 Å². The minimum atomic E-state index is -4.53. The maximum absolute atomic E-state index is 13.8. The number of carbonyl (C=O) groups is 1. The second kappa shape index (κ2) is 8.29. The predicted octanol–water partition coefficient (Wildman–Crippen LogP) is 5.67. The van der Waals surface area contributed by atoms with Crippen molar-refractivity contribution >= 4 is 44.7 Å². The molecule has 0 spiro atoms. The molecule has 0 fully saturated rings. The molecule has 164 valence electrons. The Balaban J connectivity index is 1.64. The highest BCUT2D eigenvalue weighted by atomic mass is 79.9. The van der Waals surface area contributed by atoms with Gasteiger partial charge in [-0.05, 0) is 52.0 Å². The average Bonchev–Trinajstić information content (AvgIpc) is 3.35. The molecule has 6 nitrogen and oxygen atoms in total. The summed E-state index contributed by atoms with van der Waals surface area (Å²) in [6.45, 7) is 1.62. The number of fused-ring (bicyclic) bond motifs is 1. The van der Waals surface area contributed by atoms with E-state index in [1.165, 1.54) is 11.3 Å². The maximum Gasteiger partial charge on any atom is 0.410 e. The Labute approximate surface area is 188 Å². The van der Waals surface area contributed by atoms with Gasteiger partial charge in [-0.2, -0.15) is 18.3 Å². The fraction of sp³-hybridized carbons (Fsp3) is 0.300. The number of thiophene rings is 1. The number of aliphatic hydroxyl groups is 1. The van der Waals surface area contributed by atoms with Gasteiger partial charge in [0.25, 0.3) is 5.91 Å². The molecule has 3 N–H and O–H groups in total. The fourth-order valence-electron chi connectivity index (χ4n) is 3.45. The Bertz CT molecular complexity index is 1080. The smallest absolute Gasteiger partial charge is 0.389 e. The molecular formula is C20H18BrF3N4O2S. The zero-order chi connectivity index (χ0) is 22.3. The van der Waals surface area contributed by atoms with Crippen LogP contribution >= 0.6 is 27.3 Å². The second-order valence-corrected chi connectivity index (χ2v) is 8.99. The summed E-state index contributed by atoms with van der Waals surface area (Å²) in [5.41, 5.74) is 0.959. The number of carbonyl (C=O) groups excluding carboxylic acids is 1. The van der Waals surface area contributed by atoms with Crippen LogP contribution in [-0.2, 0) is 0 Å². The monoisotopic (exact) mass is 514 g/mol. The molecule has 0 radical (unpaired) electrons. The van der Waals surface area contributed by atoms with Crippen LogP contribution in [0, 0.1) is 0 Å². The highest BCUT2D eigenvalue weighted by Gasteiger charge is 2.48. The van der Waals surface area contributed by atoms with Crippen molar-refractivity contribution in [1.82, 2.24) is 9.78 Å². The molecule has 0 unspecified atom stereocenters. The molecule has 3 aromatic rings. The third-order valence-corrected chi connectivity index (χ3v) is 6.79. The lowest BCUT2D eigenvalue weighted by molar-refractivity contribution is -0.173. The number of alkyl halides is 3. The number of benzene rings is 1. The summed E-state index contributed by atoms with van der Waals surface area (Å²) in [5, 5.41) is 21.1. The highest BCUT2D eigenvalue weighted by Crippen LogP contribution is 2.46. The van der Waals surface area contributed by atoms with Gasteiger partial charge in [-0.15, -0.1) is 11.3 Å². The van der Waals surface area contributed by atoms with Gasteiger partial charge in [0.2, 0.25) is 0 Å². The summed E-state index contributed by atoms with van der Waals surface area (Å²) in [7, 11) is 0. The minimum Gasteiger partial charge on any atom is -0.389 e. The lowest BCUT2D eigenvalue weighted by Gasteiger charge is -2.33. The number of aliphatic hydroxyl groups excluding tert-OH is 1. The molecule has 1 aromatic carbocycles. The van der Waals surface area contributed by atoms with E-state index in [-0.39, 0.29) is 22.4 Å². The number of nitrogens with zero attached hydrogens (tertiary/aromatic N) is 2. The number of hydrogen-bond acceptors (Lipinski definition) is 5. The van der Waals surface area contributed by atoms with Gasteiger partial charge in [-0.1, -0.05) is 18.2 Å². The number of halogens is 4. The van der Waals surface area contributed by atoms with Gasteiger partial charge in [0.1, 0.15) is 5.82 Å². The van der Waals surface area contributed by atoms with Crippen molar-refractivity contribution in [3.05, 3.63) is 62.4 Å². The summed E-state index contributed by atoms with van der Waals surface area (Å²) < 4.78 is 42.4. The topological polar surface area (TPSA) is 79.2 Å². The van der Waals surface area contributed by atoms with Gasteiger partial charge in [0.15, 0.2) is 11.7 Å². The molecule has 1 aliphatic rings. The van der Waals surface area contributed by atoms with Gasteiger partial charge in [-0.3, -0.25) is 4.79 Å². The molecule has 3 heterocycles. The molecule has 1 amide bonds. The van der Waals surface area contributed by atoms with Crippen molar-refractivity contribution in [2.24, 2.45) is 0 Å². The molecular weight excluding hydrogens is 497 g/mol. The van der Waals surface area contributed by atoms with Crippen LogP contribution in [-0.4, -0.2) is 27.0 Å². The van der Waals surface area contributed by atoms with Gasteiger partial charge < -0.3 is 15.7 Å². The molecule has 31 heavy (non-hydrogen) atoms. The normalized spacial score (nSPS) is 19.4. The molecule has 1 aliphatic heterocycles. The van der Waals surface area contributed by atoms with Crippen LogP contribution in [0.4, 0.5) is 24.7 Å². The van der Waals surface area contributed by atoms with E-state index in [0.717, 1.165) is 9.56 Å². The Morgan fingerprint density at radius 1 is 1.35 bits per heavy atom. The summed E-state index contributed by atoms with van der Waals surface area (Å²) in [6.07, 6.45) is -5.41. The van der Waals surface area contributed by atoms with Crippen LogP contribution < -0.4 is 10.6 Å². The van der Waals surface area contributed by atoms with E-state index in [2.05, 4.69) is 31.7 Å². The van der Waals surface area contributed by atoms with Crippen molar-refractivity contribution in [2.45, 2.75) is 37.7 Å². The van der Waals surface area contributed by atoms with Crippen LogP contribution in [0.2, 0.25) is 0 Å². The summed E-state index contributed by atoms with van der Waals surface area (Å²) >= 11 is 4.63. The number of amides is 1. The molecule has 3 atom stereocenters. The van der Waals surface area contributed by atoms with Crippen LogP contribution in [0.15, 0.2) is 46.3 Å². The van der Waals surface area contributed by atoms with Crippen LogP contribution in [0.3, 0.4) is 0 Å². The van der Waals surface area contributed by atoms with Crippen molar-refractivity contribution in [1.29, 1.82) is 0 Å². The number of rotatable bonds is 4. The standard InChI is InChI=1S/C20H18BrF3N4O2S/c1-10(29)11-4-6-12(7-5-11)25-19(30)17-16(21)18-26-13(14-3-2-8-31-14)9-15(20(22,23)24)28(18)27-17/h2-8,10,13,15,26,29H,9H2,1H3,(H,25,30)/t10-,13+,15-/m0/s1. The Morgan fingerprint density at radius 3 is 2.65 bits per heavy atom. The maximum atomic E-state index is 13.8. The Hall–Kier alpha value is -2.37. The molecule has 0 bridgehead atoms. The molecule has 4 rings (SSSR count). The van der Waals surface area contributed by atoms with E-state index in [1.807, 2.05) is 5.38 Å². The largest absolute Gasteiger partial charge is 0.410 e. The van der Waals surface area contributed by atoms with Gasteiger partial charge in [0, 0.05) is 17.0 Å². The molecule has 0 aliphatic carbocycles. The van der Waals surface area contributed by atoms with Gasteiger partial charge in [0.05, 0.1) is 16.6 Å². The second-order valence-electron chi connectivity index (χ2n) is 7.21. The van der Waals surface area contributed by atoms with E-state index in [0.29, 0.717) is 11.3 Å². The summed E-state index contributed by atoms with van der Waals surface area (Å²) in [4.78, 5) is 13.5. The third kappa shape index (κ3) is 4.35. The molecule has 2 aromatic heterocycles.